The predicted molar refractivity (Wildman–Crippen MR) is 150 cm³/mol. The summed E-state index contributed by atoms with van der Waals surface area (Å²) in [4.78, 5) is 41.4. The van der Waals surface area contributed by atoms with Gasteiger partial charge < -0.3 is 26.4 Å². The Labute approximate surface area is 238 Å². The second-order valence-corrected chi connectivity index (χ2v) is 11.2. The van der Waals surface area contributed by atoms with Crippen LogP contribution in [0.25, 0.3) is 11.1 Å². The number of likely N-dealkylation sites (tertiary alicyclic amines) is 1. The highest BCUT2D eigenvalue weighted by molar-refractivity contribution is 7.10. The first-order valence-corrected chi connectivity index (χ1v) is 13.9. The number of aliphatic hydroxyl groups is 1. The number of alkyl halides is 2. The van der Waals surface area contributed by atoms with Gasteiger partial charge in [0, 0.05) is 51.6 Å². The molecule has 1 saturated heterocycles. The van der Waals surface area contributed by atoms with E-state index in [1.54, 1.807) is 30.5 Å². The Morgan fingerprint density at radius 2 is 1.88 bits per heavy atom. The first-order valence-electron chi connectivity index (χ1n) is 13.0. The van der Waals surface area contributed by atoms with Crippen molar-refractivity contribution in [1.82, 2.24) is 15.5 Å². The van der Waals surface area contributed by atoms with Gasteiger partial charge in [0.05, 0.1) is 12.6 Å². The zero-order valence-corrected chi connectivity index (χ0v) is 22.9. The highest BCUT2D eigenvalue weighted by atomic mass is 32.1. The molecule has 0 radical (unpaired) electrons. The van der Waals surface area contributed by atoms with Gasteiger partial charge in [-0.2, -0.15) is 8.78 Å². The van der Waals surface area contributed by atoms with Gasteiger partial charge in [-0.15, -0.1) is 11.3 Å². The second-order valence-electron chi connectivity index (χ2n) is 10.3. The van der Waals surface area contributed by atoms with Gasteiger partial charge in [-0.1, -0.05) is 30.3 Å². The molecule has 1 aliphatic heterocycles. The number of carbonyl (C=O) groups excluding carboxylic acids is 3. The molecule has 214 valence electrons. The maximum absolute atomic E-state index is 14.8. The third-order valence-electron chi connectivity index (χ3n) is 7.56. The van der Waals surface area contributed by atoms with E-state index in [4.69, 9.17) is 11.1 Å². The minimum absolute atomic E-state index is 0.0749. The molecule has 1 unspecified atom stereocenters. The molecular weight excluding hydrogens is 552 g/mol. The summed E-state index contributed by atoms with van der Waals surface area (Å²) < 4.78 is 29.7. The first kappa shape index (κ1) is 28.4. The lowest BCUT2D eigenvalue weighted by Gasteiger charge is -2.25. The van der Waals surface area contributed by atoms with Gasteiger partial charge in [0.1, 0.15) is 11.9 Å². The molecular formula is C29H29F2N5O4S. The summed E-state index contributed by atoms with van der Waals surface area (Å²) in [5.74, 6) is -5.05. The number of nitrogens with one attached hydrogen (secondary N) is 3. The molecule has 41 heavy (non-hydrogen) atoms. The van der Waals surface area contributed by atoms with E-state index in [2.05, 4.69) is 10.6 Å². The van der Waals surface area contributed by atoms with E-state index in [0.717, 1.165) is 4.88 Å². The van der Waals surface area contributed by atoms with Gasteiger partial charge in [-0.25, -0.2) is 0 Å². The maximum atomic E-state index is 14.8. The topological polar surface area (TPSA) is 149 Å². The van der Waals surface area contributed by atoms with Crippen molar-refractivity contribution in [3.8, 4) is 11.1 Å². The number of benzene rings is 2. The molecule has 2 aliphatic rings. The summed E-state index contributed by atoms with van der Waals surface area (Å²) in [5, 5.41) is 24.4. The third kappa shape index (κ3) is 5.32. The van der Waals surface area contributed by atoms with Crippen LogP contribution in [0.5, 0.6) is 0 Å². The molecule has 2 heterocycles. The maximum Gasteiger partial charge on any atom is 0.299 e. The van der Waals surface area contributed by atoms with Gasteiger partial charge in [0.25, 0.3) is 11.8 Å². The molecule has 3 aromatic rings. The van der Waals surface area contributed by atoms with Crippen molar-refractivity contribution in [3.05, 3.63) is 81.0 Å². The van der Waals surface area contributed by atoms with E-state index in [1.807, 2.05) is 0 Å². The quantitative estimate of drug-likeness (QED) is 0.205. The highest BCUT2D eigenvalue weighted by Crippen LogP contribution is 2.50. The molecule has 0 spiro atoms. The molecule has 0 bridgehead atoms. The number of amides is 3. The fourth-order valence-electron chi connectivity index (χ4n) is 5.36. The number of hydrogen-bond acceptors (Lipinski definition) is 6. The second kappa shape index (κ2) is 11.0. The molecule has 1 aliphatic carbocycles. The minimum atomic E-state index is -3.16. The Bertz CT molecular complexity index is 1540. The highest BCUT2D eigenvalue weighted by Gasteiger charge is 2.44. The van der Waals surface area contributed by atoms with Crippen LogP contribution in [0.4, 0.5) is 8.78 Å². The lowest BCUT2D eigenvalue weighted by molar-refractivity contribution is -0.138. The molecule has 0 saturated carbocycles. The summed E-state index contributed by atoms with van der Waals surface area (Å²) in [5.41, 5.74) is 6.53. The number of carbonyl (C=O) groups is 3. The molecule has 3 amide bonds. The Hall–Kier alpha value is -4.16. The average Bonchev–Trinajstić information content (AvgIpc) is 3.68. The van der Waals surface area contributed by atoms with E-state index < -0.39 is 42.3 Å². The minimum Gasteiger partial charge on any atom is -0.396 e. The van der Waals surface area contributed by atoms with Crippen molar-refractivity contribution in [2.24, 2.45) is 11.7 Å². The zero-order valence-electron chi connectivity index (χ0n) is 22.1. The van der Waals surface area contributed by atoms with E-state index in [9.17, 15) is 28.3 Å². The van der Waals surface area contributed by atoms with Crippen LogP contribution in [0, 0.1) is 11.3 Å². The van der Waals surface area contributed by atoms with Gasteiger partial charge in [0.2, 0.25) is 11.8 Å². The number of fused-ring (bicyclic) bond motifs is 3. The largest absolute Gasteiger partial charge is 0.396 e. The predicted octanol–water partition coefficient (Wildman–Crippen LogP) is 2.97. The fraction of sp³-hybridized carbons (Fsp3) is 0.310. The summed E-state index contributed by atoms with van der Waals surface area (Å²) >= 11 is 1.35. The molecule has 3 atom stereocenters. The van der Waals surface area contributed by atoms with E-state index >= 15 is 0 Å². The average molecular weight is 582 g/mol. The molecule has 1 aromatic heterocycles. The van der Waals surface area contributed by atoms with Gasteiger partial charge in [-0.3, -0.25) is 19.8 Å². The number of thiophene rings is 1. The van der Waals surface area contributed by atoms with Crippen molar-refractivity contribution in [3.63, 3.8) is 0 Å². The Kier molecular flexibility index (Phi) is 7.62. The number of nitrogen functional groups attached to an aromatic ring is 1. The smallest absolute Gasteiger partial charge is 0.299 e. The van der Waals surface area contributed by atoms with Crippen molar-refractivity contribution >= 4 is 34.9 Å². The zero-order chi connectivity index (χ0) is 29.5. The van der Waals surface area contributed by atoms with Crippen molar-refractivity contribution in [2.75, 3.05) is 19.7 Å². The third-order valence-corrected chi connectivity index (χ3v) is 8.68. The van der Waals surface area contributed by atoms with Crippen LogP contribution < -0.4 is 16.4 Å². The molecule has 2 aromatic carbocycles. The number of halogens is 2. The van der Waals surface area contributed by atoms with E-state index in [-0.39, 0.29) is 53.6 Å². The lowest BCUT2D eigenvalue weighted by atomic mass is 10.0. The van der Waals surface area contributed by atoms with Crippen LogP contribution in [0.15, 0.2) is 53.9 Å². The number of nitrogens with zero attached hydrogens (tertiary/aromatic N) is 1. The summed E-state index contributed by atoms with van der Waals surface area (Å²) in [6, 6.07) is 10.5. The SMILES string of the molecule is CC(NC(=O)[C@@H]1C[C@H](CO)CN1C(=O)CNC(=O)c1ccc2c(c1)-c1ccccc1C2(F)F)c1cc(C(=N)N)cs1. The molecule has 12 heteroatoms. The van der Waals surface area contributed by atoms with Crippen molar-refractivity contribution in [2.45, 2.75) is 31.4 Å². The Balaban J connectivity index is 1.25. The summed E-state index contributed by atoms with van der Waals surface area (Å²) in [6.45, 7) is 1.32. The van der Waals surface area contributed by atoms with Gasteiger partial charge in [0.15, 0.2) is 0 Å². The van der Waals surface area contributed by atoms with Crippen LogP contribution in [0.2, 0.25) is 0 Å². The summed E-state index contributed by atoms with van der Waals surface area (Å²) in [7, 11) is 0. The number of nitrogens with two attached hydrogens (primary N) is 1. The normalized spacial score (nSPS) is 19.3. The van der Waals surface area contributed by atoms with Gasteiger partial charge in [-0.05, 0) is 42.7 Å². The Morgan fingerprint density at radius 1 is 1.15 bits per heavy atom. The van der Waals surface area contributed by atoms with Crippen LogP contribution in [0.1, 0.15) is 51.3 Å². The van der Waals surface area contributed by atoms with Crippen LogP contribution in [-0.2, 0) is 15.5 Å². The van der Waals surface area contributed by atoms with Crippen molar-refractivity contribution < 1.29 is 28.3 Å². The fourth-order valence-corrected chi connectivity index (χ4v) is 6.28. The standard InChI is InChI=1S/C29H29F2N5O4S/c1-15(24-10-18(14-41-24)26(32)33)35-28(40)23-8-16(13-37)12-36(23)25(38)11-34-27(39)17-6-7-22-20(9-17)19-4-2-3-5-21(19)29(22,30)31/h2-7,9-10,14-16,23,37H,8,11-13H2,1H3,(H3,32,33)(H,34,39)(H,35,40)/t15?,16-,23-/m0/s1. The lowest BCUT2D eigenvalue weighted by Crippen LogP contribution is -2.49. The monoisotopic (exact) mass is 581 g/mol. The molecule has 5 rings (SSSR count). The molecule has 1 fully saturated rings. The summed E-state index contributed by atoms with van der Waals surface area (Å²) in [6.07, 6.45) is 0.260. The van der Waals surface area contributed by atoms with E-state index in [0.29, 0.717) is 11.1 Å². The van der Waals surface area contributed by atoms with E-state index in [1.165, 1.54) is 46.6 Å². The Morgan fingerprint density at radius 3 is 2.59 bits per heavy atom. The van der Waals surface area contributed by atoms with Gasteiger partial charge >= 0.3 is 0 Å². The first-order chi connectivity index (χ1) is 19.5. The van der Waals surface area contributed by atoms with Crippen LogP contribution in [-0.4, -0.2) is 59.3 Å². The number of amidine groups is 1. The number of hydrogen-bond donors (Lipinski definition) is 5. The number of aliphatic hydroxyl groups excluding tert-OH is 1. The molecule has 9 nitrogen and oxygen atoms in total. The molecule has 6 N–H and O–H groups in total. The number of rotatable bonds is 8. The van der Waals surface area contributed by atoms with Crippen LogP contribution >= 0.6 is 11.3 Å². The van der Waals surface area contributed by atoms with Crippen molar-refractivity contribution in [1.29, 1.82) is 5.41 Å². The van der Waals surface area contributed by atoms with Crippen LogP contribution in [0.3, 0.4) is 0 Å².